The summed E-state index contributed by atoms with van der Waals surface area (Å²) in [7, 11) is 0. The first-order valence-corrected chi connectivity index (χ1v) is 7.87. The van der Waals surface area contributed by atoms with Crippen molar-refractivity contribution < 1.29 is 38.1 Å². The summed E-state index contributed by atoms with van der Waals surface area (Å²) in [6, 6.07) is 0. The summed E-state index contributed by atoms with van der Waals surface area (Å²) in [5, 5.41) is 0. The van der Waals surface area contributed by atoms with Gasteiger partial charge in [0.05, 0.1) is 39.3 Å². The summed E-state index contributed by atoms with van der Waals surface area (Å²) < 4.78 is 20.1. The first-order valence-electron chi connectivity index (χ1n) is 7.87. The molecule has 0 fully saturated rings. The van der Waals surface area contributed by atoms with Crippen LogP contribution < -0.4 is 0 Å². The molecular weight excluding hydrogens is 320 g/mol. The summed E-state index contributed by atoms with van der Waals surface area (Å²) in [4.78, 5) is 43.7. The number of Topliss-reactive ketones (excluding diaryl/α,β-unsaturated/α-hetero) is 2. The molecule has 0 rings (SSSR count). The van der Waals surface area contributed by atoms with Crippen molar-refractivity contribution >= 4 is 23.5 Å². The monoisotopic (exact) mass is 346 g/mol. The average Bonchev–Trinajstić information content (AvgIpc) is 2.52. The van der Waals surface area contributed by atoms with Gasteiger partial charge in [0.25, 0.3) is 0 Å². The Morgan fingerprint density at radius 3 is 1.21 bits per heavy atom. The molecule has 0 aromatic carbocycles. The molecule has 0 bridgehead atoms. The van der Waals surface area contributed by atoms with E-state index in [0.717, 1.165) is 0 Å². The summed E-state index contributed by atoms with van der Waals surface area (Å²) in [5.41, 5.74) is 0. The molecule has 0 saturated heterocycles. The van der Waals surface area contributed by atoms with Gasteiger partial charge < -0.3 is 28.5 Å². The molecule has 0 spiro atoms. The summed E-state index contributed by atoms with van der Waals surface area (Å²) >= 11 is 0. The average molecular weight is 346 g/mol. The third-order valence-corrected chi connectivity index (χ3v) is 2.72. The van der Waals surface area contributed by atoms with Gasteiger partial charge in [-0.1, -0.05) is 0 Å². The summed E-state index contributed by atoms with van der Waals surface area (Å²) in [6.07, 6.45) is 0.548. The number of hydrogen-bond acceptors (Lipinski definition) is 8. The third kappa shape index (κ3) is 16.6. The van der Waals surface area contributed by atoms with E-state index in [9.17, 15) is 19.2 Å². The standard InChI is InChI=1S/C16H26O8/c1-13(17)3-5-15(19)23-11-9-21-7-8-22-10-12-24-16(20)6-4-14(2)18/h3-12H2,1-2H3. The minimum absolute atomic E-state index is 0.0510. The van der Waals surface area contributed by atoms with Gasteiger partial charge in [-0.2, -0.15) is 0 Å². The zero-order valence-corrected chi connectivity index (χ0v) is 14.3. The third-order valence-electron chi connectivity index (χ3n) is 2.72. The second kappa shape index (κ2) is 14.8. The second-order valence-electron chi connectivity index (χ2n) is 5.07. The van der Waals surface area contributed by atoms with Gasteiger partial charge in [0.1, 0.15) is 24.8 Å². The fourth-order valence-electron chi connectivity index (χ4n) is 1.45. The van der Waals surface area contributed by atoms with E-state index in [4.69, 9.17) is 18.9 Å². The maximum atomic E-state index is 11.2. The molecule has 0 radical (unpaired) electrons. The molecule has 24 heavy (non-hydrogen) atoms. The highest BCUT2D eigenvalue weighted by atomic mass is 16.6. The predicted molar refractivity (Wildman–Crippen MR) is 83.4 cm³/mol. The predicted octanol–water partition coefficient (Wildman–Crippen LogP) is 0.844. The fraction of sp³-hybridized carbons (Fsp3) is 0.750. The van der Waals surface area contributed by atoms with Gasteiger partial charge in [0.15, 0.2) is 0 Å². The van der Waals surface area contributed by atoms with Crippen LogP contribution in [0.25, 0.3) is 0 Å². The SMILES string of the molecule is CC(=O)CCC(=O)OCCOCCOCCOC(=O)CCC(C)=O. The van der Waals surface area contributed by atoms with E-state index in [1.54, 1.807) is 0 Å². The van der Waals surface area contributed by atoms with Gasteiger partial charge in [-0.05, 0) is 13.8 Å². The van der Waals surface area contributed by atoms with Crippen LogP contribution in [0, 0.1) is 0 Å². The Kier molecular flexibility index (Phi) is 13.7. The van der Waals surface area contributed by atoms with Crippen molar-refractivity contribution in [1.29, 1.82) is 0 Å². The fourth-order valence-corrected chi connectivity index (χ4v) is 1.45. The zero-order valence-electron chi connectivity index (χ0n) is 14.3. The molecular formula is C16H26O8. The number of esters is 2. The second-order valence-corrected chi connectivity index (χ2v) is 5.07. The molecule has 0 unspecified atom stereocenters. The van der Waals surface area contributed by atoms with Crippen LogP contribution in [0.4, 0.5) is 0 Å². The smallest absolute Gasteiger partial charge is 0.306 e. The number of ether oxygens (including phenoxy) is 4. The van der Waals surface area contributed by atoms with E-state index < -0.39 is 11.9 Å². The number of ketones is 2. The molecule has 0 aromatic heterocycles. The maximum absolute atomic E-state index is 11.2. The van der Waals surface area contributed by atoms with E-state index in [1.807, 2.05) is 0 Å². The molecule has 0 saturated carbocycles. The van der Waals surface area contributed by atoms with Crippen LogP contribution in [0.3, 0.4) is 0 Å². The van der Waals surface area contributed by atoms with Crippen molar-refractivity contribution in [2.24, 2.45) is 0 Å². The molecule has 0 aromatic rings. The number of hydrogen-bond donors (Lipinski definition) is 0. The summed E-state index contributed by atoms with van der Waals surface area (Å²) in [5.74, 6) is -0.942. The Balaban J connectivity index is 3.28. The molecule has 8 nitrogen and oxygen atoms in total. The van der Waals surface area contributed by atoms with Crippen LogP contribution in [0.5, 0.6) is 0 Å². The maximum Gasteiger partial charge on any atom is 0.306 e. The lowest BCUT2D eigenvalue weighted by molar-refractivity contribution is -0.147. The van der Waals surface area contributed by atoms with Crippen LogP contribution in [0.2, 0.25) is 0 Å². The normalized spacial score (nSPS) is 10.2. The highest BCUT2D eigenvalue weighted by Gasteiger charge is 2.05. The van der Waals surface area contributed by atoms with E-state index in [1.165, 1.54) is 13.8 Å². The summed E-state index contributed by atoms with van der Waals surface area (Å²) in [6.45, 7) is 4.24. The molecule has 0 N–H and O–H groups in total. The van der Waals surface area contributed by atoms with Crippen molar-refractivity contribution in [2.45, 2.75) is 39.5 Å². The van der Waals surface area contributed by atoms with Gasteiger partial charge >= 0.3 is 11.9 Å². The van der Waals surface area contributed by atoms with Crippen molar-refractivity contribution in [3.63, 3.8) is 0 Å². The first kappa shape index (κ1) is 22.2. The van der Waals surface area contributed by atoms with Crippen molar-refractivity contribution in [3.8, 4) is 0 Å². The molecule has 0 atom stereocenters. The molecule has 0 aliphatic carbocycles. The van der Waals surface area contributed by atoms with Crippen LogP contribution in [-0.2, 0) is 38.1 Å². The quantitative estimate of drug-likeness (QED) is 0.317. The van der Waals surface area contributed by atoms with Gasteiger partial charge in [-0.15, -0.1) is 0 Å². The van der Waals surface area contributed by atoms with Crippen molar-refractivity contribution in [1.82, 2.24) is 0 Å². The topological polar surface area (TPSA) is 105 Å². The highest BCUT2D eigenvalue weighted by molar-refractivity contribution is 5.81. The molecule has 0 amide bonds. The molecule has 0 heterocycles. The number of carbonyl (C=O) groups excluding carboxylic acids is 4. The Morgan fingerprint density at radius 2 is 0.875 bits per heavy atom. The largest absolute Gasteiger partial charge is 0.463 e. The van der Waals surface area contributed by atoms with E-state index in [0.29, 0.717) is 13.2 Å². The lowest BCUT2D eigenvalue weighted by Gasteiger charge is -2.07. The van der Waals surface area contributed by atoms with Crippen molar-refractivity contribution in [3.05, 3.63) is 0 Å². The molecule has 8 heteroatoms. The van der Waals surface area contributed by atoms with Gasteiger partial charge in [-0.3, -0.25) is 9.59 Å². The van der Waals surface area contributed by atoms with Crippen LogP contribution >= 0.6 is 0 Å². The lowest BCUT2D eigenvalue weighted by atomic mass is 10.2. The Bertz CT molecular complexity index is 367. The lowest BCUT2D eigenvalue weighted by Crippen LogP contribution is -2.15. The van der Waals surface area contributed by atoms with E-state index in [2.05, 4.69) is 0 Å². The van der Waals surface area contributed by atoms with Gasteiger partial charge in [-0.25, -0.2) is 0 Å². The Labute approximate surface area is 141 Å². The van der Waals surface area contributed by atoms with Crippen LogP contribution in [0.15, 0.2) is 0 Å². The van der Waals surface area contributed by atoms with E-state index >= 15 is 0 Å². The number of carbonyl (C=O) groups is 4. The zero-order chi connectivity index (χ0) is 18.2. The molecule has 0 aliphatic rings. The van der Waals surface area contributed by atoms with Crippen molar-refractivity contribution in [2.75, 3.05) is 39.6 Å². The minimum atomic E-state index is -0.420. The Hall–Kier alpha value is -1.80. The molecule has 138 valence electrons. The van der Waals surface area contributed by atoms with Crippen LogP contribution in [-0.4, -0.2) is 63.1 Å². The minimum Gasteiger partial charge on any atom is -0.463 e. The first-order chi connectivity index (χ1) is 11.4. The number of rotatable bonds is 15. The van der Waals surface area contributed by atoms with E-state index in [-0.39, 0.29) is 63.7 Å². The highest BCUT2D eigenvalue weighted by Crippen LogP contribution is 1.95. The van der Waals surface area contributed by atoms with Crippen LogP contribution in [0.1, 0.15) is 39.5 Å². The van der Waals surface area contributed by atoms with Gasteiger partial charge in [0.2, 0.25) is 0 Å². The molecule has 0 aliphatic heterocycles. The Morgan fingerprint density at radius 1 is 0.542 bits per heavy atom. The van der Waals surface area contributed by atoms with Gasteiger partial charge in [0, 0.05) is 12.8 Å².